The Labute approximate surface area is 218 Å². The van der Waals surface area contributed by atoms with Crippen LogP contribution >= 0.6 is 0 Å². The van der Waals surface area contributed by atoms with Gasteiger partial charge in [0.2, 0.25) is 0 Å². The molecule has 0 heterocycles. The Morgan fingerprint density at radius 1 is 1.27 bits per heavy atom. The van der Waals surface area contributed by atoms with Gasteiger partial charge in [-0.05, 0) is 50.7 Å². The molecule has 37 heavy (non-hydrogen) atoms. The molecule has 0 radical (unpaired) electrons. The summed E-state index contributed by atoms with van der Waals surface area (Å²) in [5.41, 5.74) is -4.51. The van der Waals surface area contributed by atoms with E-state index in [9.17, 15) is 29.7 Å². The Kier molecular flexibility index (Phi) is 6.66. The number of fused-ring (bicyclic) bond motifs is 3. The van der Waals surface area contributed by atoms with E-state index in [4.69, 9.17) is 9.47 Å². The van der Waals surface area contributed by atoms with E-state index in [-0.39, 0.29) is 30.2 Å². The summed E-state index contributed by atoms with van der Waals surface area (Å²) in [5, 5.41) is 34.3. The molecule has 0 saturated heterocycles. The average Bonchev–Trinajstić information content (AvgIpc) is 3.23. The number of ether oxygens (including phenoxy) is 2. The molecule has 0 unspecified atom stereocenters. The minimum Gasteiger partial charge on any atom is -0.458 e. The number of ketones is 1. The molecule has 4 rings (SSSR count). The van der Waals surface area contributed by atoms with E-state index in [2.05, 4.69) is 0 Å². The number of hydrogen-bond donors (Lipinski definition) is 3. The second-order valence-electron chi connectivity index (χ2n) is 12.0. The second-order valence-corrected chi connectivity index (χ2v) is 12.0. The van der Waals surface area contributed by atoms with Gasteiger partial charge in [-0.15, -0.1) is 0 Å². The molecule has 8 atom stereocenters. The standard InChI is InChI=1S/C29H40O8/c1-8-10-20(31)37-28-13-17(5)27-12-16(4)24(36-25(34)15(3)9-2)29(27,35)22(32)18(14-30)11-19(23(27)33)21(28)26(28,6)7/h9,11-12,17,19,21-22,24,30,32,35H,8,10,13-14H2,1-7H3/b15-9-/t17-,19+,21-,22-,24+,27+,28+,29+/m1/s1. The van der Waals surface area contributed by atoms with Crippen LogP contribution in [0.15, 0.2) is 34.9 Å². The summed E-state index contributed by atoms with van der Waals surface area (Å²) in [6.07, 6.45) is 2.97. The lowest BCUT2D eigenvalue weighted by Crippen LogP contribution is -2.66. The molecule has 204 valence electrons. The van der Waals surface area contributed by atoms with Crippen molar-refractivity contribution in [2.45, 2.75) is 91.1 Å². The number of carbonyl (C=O) groups excluding carboxylic acids is 3. The fourth-order valence-electron chi connectivity index (χ4n) is 7.67. The van der Waals surface area contributed by atoms with Gasteiger partial charge in [-0.2, -0.15) is 0 Å². The maximum absolute atomic E-state index is 14.6. The Morgan fingerprint density at radius 2 is 1.92 bits per heavy atom. The lowest BCUT2D eigenvalue weighted by Gasteiger charge is -2.49. The average molecular weight is 517 g/mol. The SMILES string of the molecule is C/C=C(/C)C(=O)O[C@H]1C(C)=C[C@]23C(=O)[C@@H](C=C(CO)[C@@H](O)[C@]12O)[C@@H]1C(C)(C)[C@]1(OC(=O)CCC)C[C@H]3C. The number of aliphatic hydroxyl groups is 3. The summed E-state index contributed by atoms with van der Waals surface area (Å²) >= 11 is 0. The summed E-state index contributed by atoms with van der Waals surface area (Å²) in [4.78, 5) is 40.1. The van der Waals surface area contributed by atoms with Crippen LogP contribution < -0.4 is 0 Å². The fraction of sp³-hybridized carbons (Fsp3) is 0.690. The van der Waals surface area contributed by atoms with Crippen LogP contribution in [0.1, 0.15) is 67.7 Å². The third kappa shape index (κ3) is 3.41. The van der Waals surface area contributed by atoms with Crippen molar-refractivity contribution in [3.63, 3.8) is 0 Å². The van der Waals surface area contributed by atoms with Crippen molar-refractivity contribution < 1.29 is 39.2 Å². The Morgan fingerprint density at radius 3 is 2.49 bits per heavy atom. The van der Waals surface area contributed by atoms with Crippen LogP contribution in [0.25, 0.3) is 0 Å². The topological polar surface area (TPSA) is 130 Å². The van der Waals surface area contributed by atoms with E-state index in [1.165, 1.54) is 0 Å². The number of aliphatic hydroxyl groups excluding tert-OH is 2. The number of allylic oxidation sites excluding steroid dienone is 2. The highest BCUT2D eigenvalue weighted by atomic mass is 16.6. The van der Waals surface area contributed by atoms with Gasteiger partial charge in [-0.25, -0.2) is 4.79 Å². The van der Waals surface area contributed by atoms with Gasteiger partial charge in [0, 0.05) is 29.2 Å². The fourth-order valence-corrected chi connectivity index (χ4v) is 7.67. The highest BCUT2D eigenvalue weighted by Gasteiger charge is 2.83. The minimum atomic E-state index is -2.25. The van der Waals surface area contributed by atoms with Crippen molar-refractivity contribution in [2.75, 3.05) is 6.61 Å². The van der Waals surface area contributed by atoms with Crippen molar-refractivity contribution in [3.05, 3.63) is 34.9 Å². The molecule has 2 saturated carbocycles. The van der Waals surface area contributed by atoms with Crippen molar-refractivity contribution in [1.82, 2.24) is 0 Å². The molecule has 4 aliphatic carbocycles. The molecule has 0 aliphatic heterocycles. The van der Waals surface area contributed by atoms with Crippen LogP contribution in [0.5, 0.6) is 0 Å². The molecule has 3 N–H and O–H groups in total. The zero-order chi connectivity index (χ0) is 27.7. The van der Waals surface area contributed by atoms with Crippen molar-refractivity contribution in [2.24, 2.45) is 28.6 Å². The minimum absolute atomic E-state index is 0.0835. The highest BCUT2D eigenvalue weighted by Crippen LogP contribution is 2.75. The summed E-state index contributed by atoms with van der Waals surface area (Å²) in [5.74, 6) is -3.14. The normalized spacial score (nSPS) is 41.9. The summed E-state index contributed by atoms with van der Waals surface area (Å²) in [6.45, 7) is 12.0. The summed E-state index contributed by atoms with van der Waals surface area (Å²) in [7, 11) is 0. The van der Waals surface area contributed by atoms with Crippen LogP contribution in [-0.2, 0) is 23.9 Å². The van der Waals surface area contributed by atoms with E-state index in [0.717, 1.165) is 0 Å². The number of hydrogen-bond acceptors (Lipinski definition) is 8. The molecule has 2 bridgehead atoms. The first-order chi connectivity index (χ1) is 17.2. The van der Waals surface area contributed by atoms with Crippen LogP contribution in [0.4, 0.5) is 0 Å². The van der Waals surface area contributed by atoms with E-state index in [1.54, 1.807) is 39.0 Å². The first-order valence-electron chi connectivity index (χ1n) is 13.2. The third-order valence-electron chi connectivity index (χ3n) is 9.75. The molecule has 0 aromatic carbocycles. The van der Waals surface area contributed by atoms with E-state index in [0.29, 0.717) is 17.6 Å². The Balaban J connectivity index is 1.91. The smallest absolute Gasteiger partial charge is 0.334 e. The quantitative estimate of drug-likeness (QED) is 0.279. The molecular formula is C29H40O8. The molecule has 0 amide bonds. The van der Waals surface area contributed by atoms with Crippen molar-refractivity contribution in [3.8, 4) is 0 Å². The van der Waals surface area contributed by atoms with Gasteiger partial charge in [0.25, 0.3) is 0 Å². The Bertz CT molecular complexity index is 1110. The lowest BCUT2D eigenvalue weighted by molar-refractivity contribution is -0.203. The molecule has 4 aliphatic rings. The molecule has 2 fully saturated rings. The molecule has 1 spiro atoms. The lowest BCUT2D eigenvalue weighted by atomic mass is 9.59. The third-order valence-corrected chi connectivity index (χ3v) is 9.75. The number of rotatable bonds is 6. The summed E-state index contributed by atoms with van der Waals surface area (Å²) in [6, 6.07) is 0. The van der Waals surface area contributed by atoms with Gasteiger partial charge < -0.3 is 24.8 Å². The zero-order valence-electron chi connectivity index (χ0n) is 22.8. The van der Waals surface area contributed by atoms with E-state index in [1.807, 2.05) is 27.7 Å². The maximum Gasteiger partial charge on any atom is 0.334 e. The number of carbonyl (C=O) groups is 3. The molecule has 8 nitrogen and oxygen atoms in total. The number of esters is 2. The van der Waals surface area contributed by atoms with Crippen molar-refractivity contribution >= 4 is 17.7 Å². The van der Waals surface area contributed by atoms with Crippen molar-refractivity contribution in [1.29, 1.82) is 0 Å². The van der Waals surface area contributed by atoms with Crippen LogP contribution in [0, 0.1) is 28.6 Å². The predicted molar refractivity (Wildman–Crippen MR) is 135 cm³/mol. The first kappa shape index (κ1) is 27.7. The van der Waals surface area contributed by atoms with Crippen LogP contribution in [0.3, 0.4) is 0 Å². The number of Topliss-reactive ketones (excluding diaryl/α,β-unsaturated/α-hetero) is 1. The predicted octanol–water partition coefficient (Wildman–Crippen LogP) is 2.80. The van der Waals surface area contributed by atoms with Crippen LogP contribution in [-0.4, -0.2) is 63.1 Å². The zero-order valence-corrected chi connectivity index (χ0v) is 22.8. The second kappa shape index (κ2) is 8.89. The molecular weight excluding hydrogens is 476 g/mol. The largest absolute Gasteiger partial charge is 0.458 e. The summed E-state index contributed by atoms with van der Waals surface area (Å²) < 4.78 is 11.9. The van der Waals surface area contributed by atoms with E-state index < -0.39 is 64.6 Å². The first-order valence-corrected chi connectivity index (χ1v) is 13.2. The maximum atomic E-state index is 14.6. The van der Waals surface area contributed by atoms with Gasteiger partial charge in [0.1, 0.15) is 11.7 Å². The van der Waals surface area contributed by atoms with Gasteiger partial charge >= 0.3 is 11.9 Å². The highest BCUT2D eigenvalue weighted by molar-refractivity contribution is 5.96. The van der Waals surface area contributed by atoms with Gasteiger partial charge in [-0.3, -0.25) is 9.59 Å². The van der Waals surface area contributed by atoms with E-state index >= 15 is 0 Å². The monoisotopic (exact) mass is 516 g/mol. The van der Waals surface area contributed by atoms with Gasteiger partial charge in [-0.1, -0.05) is 45.9 Å². The van der Waals surface area contributed by atoms with Gasteiger partial charge in [0.05, 0.1) is 12.0 Å². The molecule has 8 heteroatoms. The van der Waals surface area contributed by atoms with Gasteiger partial charge in [0.15, 0.2) is 17.5 Å². The van der Waals surface area contributed by atoms with Crippen LogP contribution in [0.2, 0.25) is 0 Å². The molecule has 0 aromatic rings. The molecule has 0 aromatic heterocycles. The Hall–Kier alpha value is -2.29.